The maximum absolute atomic E-state index is 12.3. The minimum atomic E-state index is -0.876. The normalized spacial score (nSPS) is 21.4. The molecule has 2 rings (SSSR count). The Hall–Kier alpha value is -1.04. The van der Waals surface area contributed by atoms with Gasteiger partial charge in [-0.25, -0.2) is 0 Å². The number of fused-ring (bicyclic) bond motifs is 1. The fourth-order valence-corrected chi connectivity index (χ4v) is 2.93. The van der Waals surface area contributed by atoms with Crippen LogP contribution < -0.4 is 5.73 Å². The van der Waals surface area contributed by atoms with Gasteiger partial charge in [-0.15, -0.1) is 0 Å². The lowest BCUT2D eigenvalue weighted by Gasteiger charge is -2.32. The van der Waals surface area contributed by atoms with Gasteiger partial charge >= 0.3 is 0 Å². The number of carbonyl (C=O) groups is 1. The van der Waals surface area contributed by atoms with E-state index in [0.29, 0.717) is 11.1 Å². The molecule has 5 heteroatoms. The van der Waals surface area contributed by atoms with E-state index < -0.39 is 6.23 Å². The number of amides is 1. The highest BCUT2D eigenvalue weighted by Crippen LogP contribution is 2.33. The lowest BCUT2D eigenvalue weighted by Crippen LogP contribution is -2.47. The number of carbonyl (C=O) groups excluding carboxylic acids is 1. The summed E-state index contributed by atoms with van der Waals surface area (Å²) in [5.41, 5.74) is 7.38. The van der Waals surface area contributed by atoms with Gasteiger partial charge in [-0.1, -0.05) is 18.2 Å². The Balaban J connectivity index is 2.17. The molecule has 1 aromatic rings. The van der Waals surface area contributed by atoms with Crippen molar-refractivity contribution >= 4 is 17.7 Å². The summed E-state index contributed by atoms with van der Waals surface area (Å²) in [4.78, 5) is 13.8. The summed E-state index contributed by atoms with van der Waals surface area (Å²) in [5, 5.41) is 10.3. The molecule has 1 heterocycles. The van der Waals surface area contributed by atoms with Crippen molar-refractivity contribution in [1.29, 1.82) is 0 Å². The van der Waals surface area contributed by atoms with Crippen LogP contribution in [0.15, 0.2) is 24.3 Å². The number of nitrogens with zero attached hydrogens (tertiary/aromatic N) is 1. The number of nitrogens with two attached hydrogens (primary N) is 1. The average Bonchev–Trinajstić information content (AvgIpc) is 2.68. The number of rotatable bonds is 5. The molecular formula is C14H20N2O2S. The molecule has 1 amide bonds. The Labute approximate surface area is 118 Å². The van der Waals surface area contributed by atoms with Gasteiger partial charge in [0.25, 0.3) is 5.91 Å². The van der Waals surface area contributed by atoms with E-state index in [2.05, 4.69) is 0 Å². The molecule has 4 nitrogen and oxygen atoms in total. The van der Waals surface area contributed by atoms with Gasteiger partial charge in [0.1, 0.15) is 0 Å². The Morgan fingerprint density at radius 3 is 2.79 bits per heavy atom. The molecule has 1 aromatic carbocycles. The summed E-state index contributed by atoms with van der Waals surface area (Å²) in [7, 11) is 0. The van der Waals surface area contributed by atoms with Gasteiger partial charge in [0, 0.05) is 23.2 Å². The highest BCUT2D eigenvalue weighted by atomic mass is 32.2. The smallest absolute Gasteiger partial charge is 0.256 e. The minimum Gasteiger partial charge on any atom is -0.369 e. The maximum atomic E-state index is 12.3. The topological polar surface area (TPSA) is 66.6 Å². The zero-order valence-electron chi connectivity index (χ0n) is 11.2. The second-order valence-electron chi connectivity index (χ2n) is 4.86. The molecule has 0 fully saturated rings. The van der Waals surface area contributed by atoms with Crippen molar-refractivity contribution in [2.24, 2.45) is 5.73 Å². The molecule has 0 radical (unpaired) electrons. The van der Waals surface area contributed by atoms with E-state index in [0.717, 1.165) is 12.2 Å². The van der Waals surface area contributed by atoms with Crippen LogP contribution in [0.25, 0.3) is 0 Å². The van der Waals surface area contributed by atoms with Gasteiger partial charge in [-0.3, -0.25) is 4.79 Å². The SMILES string of the molecule is CSCC[C@@H](N)[C@H](C)N1C(=O)c2ccccc2C1O. The summed E-state index contributed by atoms with van der Waals surface area (Å²) >= 11 is 1.73. The molecular weight excluding hydrogens is 260 g/mol. The van der Waals surface area contributed by atoms with Crippen LogP contribution in [-0.4, -0.2) is 40.0 Å². The summed E-state index contributed by atoms with van der Waals surface area (Å²) in [6, 6.07) is 6.88. The van der Waals surface area contributed by atoms with Gasteiger partial charge < -0.3 is 15.7 Å². The van der Waals surface area contributed by atoms with Gasteiger partial charge in [0.2, 0.25) is 0 Å². The first-order valence-electron chi connectivity index (χ1n) is 6.42. The number of aliphatic hydroxyl groups excluding tert-OH is 1. The number of hydrogen-bond donors (Lipinski definition) is 2. The molecule has 1 unspecified atom stereocenters. The predicted octanol–water partition coefficient (Wildman–Crippen LogP) is 1.60. The Morgan fingerprint density at radius 1 is 1.47 bits per heavy atom. The first-order valence-corrected chi connectivity index (χ1v) is 7.81. The Bertz CT molecular complexity index is 467. The molecule has 0 spiro atoms. The molecule has 0 bridgehead atoms. The summed E-state index contributed by atoms with van der Waals surface area (Å²) < 4.78 is 0. The number of aliphatic hydroxyl groups is 1. The minimum absolute atomic E-state index is 0.125. The van der Waals surface area contributed by atoms with Crippen molar-refractivity contribution in [1.82, 2.24) is 4.90 Å². The van der Waals surface area contributed by atoms with E-state index in [1.807, 2.05) is 25.3 Å². The fraction of sp³-hybridized carbons (Fsp3) is 0.500. The molecule has 104 valence electrons. The number of benzene rings is 1. The molecule has 3 atom stereocenters. The quantitative estimate of drug-likeness (QED) is 0.860. The van der Waals surface area contributed by atoms with Crippen LogP contribution >= 0.6 is 11.8 Å². The number of thioether (sulfide) groups is 1. The van der Waals surface area contributed by atoms with E-state index in [4.69, 9.17) is 5.73 Å². The van der Waals surface area contributed by atoms with E-state index >= 15 is 0 Å². The van der Waals surface area contributed by atoms with Crippen molar-refractivity contribution in [3.8, 4) is 0 Å². The standard InChI is InChI=1S/C14H20N2O2S/c1-9(12(15)7-8-19-2)16-13(17)10-5-3-4-6-11(10)14(16)18/h3-6,9,12-13,17H,7-8,15H2,1-2H3/t9-,12+,13?/m0/s1. The molecule has 3 N–H and O–H groups in total. The molecule has 0 saturated heterocycles. The molecule has 1 aliphatic heterocycles. The second kappa shape index (κ2) is 5.94. The average molecular weight is 280 g/mol. The van der Waals surface area contributed by atoms with Crippen LogP contribution in [0.1, 0.15) is 35.5 Å². The molecule has 0 aromatic heterocycles. The first-order chi connectivity index (χ1) is 9.07. The van der Waals surface area contributed by atoms with Gasteiger partial charge in [0.15, 0.2) is 6.23 Å². The van der Waals surface area contributed by atoms with Crippen LogP contribution in [0.5, 0.6) is 0 Å². The third kappa shape index (κ3) is 2.63. The van der Waals surface area contributed by atoms with Crippen LogP contribution in [0.3, 0.4) is 0 Å². The largest absolute Gasteiger partial charge is 0.369 e. The van der Waals surface area contributed by atoms with E-state index in [-0.39, 0.29) is 18.0 Å². The third-order valence-corrected chi connectivity index (χ3v) is 4.33. The Morgan fingerprint density at radius 2 is 2.16 bits per heavy atom. The summed E-state index contributed by atoms with van der Waals surface area (Å²) in [6.45, 7) is 1.90. The zero-order valence-corrected chi connectivity index (χ0v) is 12.1. The van der Waals surface area contributed by atoms with Gasteiger partial charge in [-0.05, 0) is 31.4 Å². The highest BCUT2D eigenvalue weighted by molar-refractivity contribution is 7.98. The molecule has 19 heavy (non-hydrogen) atoms. The van der Waals surface area contributed by atoms with Crippen molar-refractivity contribution in [3.63, 3.8) is 0 Å². The van der Waals surface area contributed by atoms with E-state index in [1.165, 1.54) is 4.90 Å². The highest BCUT2D eigenvalue weighted by Gasteiger charge is 2.39. The van der Waals surface area contributed by atoms with Crippen LogP contribution in [0, 0.1) is 0 Å². The maximum Gasteiger partial charge on any atom is 0.256 e. The fourth-order valence-electron chi connectivity index (χ4n) is 2.43. The predicted molar refractivity (Wildman–Crippen MR) is 78.0 cm³/mol. The van der Waals surface area contributed by atoms with Crippen LogP contribution in [0.4, 0.5) is 0 Å². The lowest BCUT2D eigenvalue weighted by atomic mass is 10.1. The Kier molecular flexibility index (Phi) is 4.50. The number of hydrogen-bond acceptors (Lipinski definition) is 4. The summed E-state index contributed by atoms with van der Waals surface area (Å²) in [5.74, 6) is 0.825. The monoisotopic (exact) mass is 280 g/mol. The second-order valence-corrected chi connectivity index (χ2v) is 5.84. The van der Waals surface area contributed by atoms with E-state index in [1.54, 1.807) is 23.9 Å². The first kappa shape index (κ1) is 14.4. The van der Waals surface area contributed by atoms with Crippen molar-refractivity contribution in [2.45, 2.75) is 31.7 Å². The molecule has 0 saturated carbocycles. The molecule has 0 aliphatic carbocycles. The lowest BCUT2D eigenvalue weighted by molar-refractivity contribution is -0.00476. The van der Waals surface area contributed by atoms with Crippen molar-refractivity contribution in [3.05, 3.63) is 35.4 Å². The van der Waals surface area contributed by atoms with Crippen LogP contribution in [0.2, 0.25) is 0 Å². The van der Waals surface area contributed by atoms with Gasteiger partial charge in [0.05, 0.1) is 0 Å². The zero-order chi connectivity index (χ0) is 14.0. The van der Waals surface area contributed by atoms with Crippen molar-refractivity contribution in [2.75, 3.05) is 12.0 Å². The van der Waals surface area contributed by atoms with Crippen molar-refractivity contribution < 1.29 is 9.90 Å². The third-order valence-electron chi connectivity index (χ3n) is 3.68. The van der Waals surface area contributed by atoms with E-state index in [9.17, 15) is 9.90 Å². The summed E-state index contributed by atoms with van der Waals surface area (Å²) in [6.07, 6.45) is 1.98. The molecule has 1 aliphatic rings. The van der Waals surface area contributed by atoms with Crippen LogP contribution in [-0.2, 0) is 0 Å². The van der Waals surface area contributed by atoms with Gasteiger partial charge in [-0.2, -0.15) is 11.8 Å².